The molecule has 1 fully saturated rings. The molecule has 0 bridgehead atoms. The second-order valence-corrected chi connectivity index (χ2v) is 7.32. The number of pyridine rings is 1. The number of nitrogens with one attached hydrogen (secondary N) is 1. The maximum Gasteiger partial charge on any atom is 0.252 e. The van der Waals surface area contributed by atoms with Gasteiger partial charge in [-0.2, -0.15) is 0 Å². The third-order valence-electron chi connectivity index (χ3n) is 5.73. The third-order valence-corrected chi connectivity index (χ3v) is 5.73. The summed E-state index contributed by atoms with van der Waals surface area (Å²) in [5.41, 5.74) is 9.15. The van der Waals surface area contributed by atoms with Crippen LogP contribution >= 0.6 is 0 Å². The van der Waals surface area contributed by atoms with E-state index < -0.39 is 0 Å². The van der Waals surface area contributed by atoms with Crippen LogP contribution in [0.2, 0.25) is 0 Å². The standard InChI is InChI=1S/C21H25N5O/c1-2-26-18-17(25-20(26)22)12-15(13-23-18)19(27)24-14-21(10-6-7-11-21)16-8-4-3-5-9-16/h3-5,8-9,12-13H,2,6-7,10-11,14H2,1H3,(H2,22,25)(H,24,27). The second-order valence-electron chi connectivity index (χ2n) is 7.32. The van der Waals surface area contributed by atoms with Gasteiger partial charge in [0.15, 0.2) is 5.65 Å². The first kappa shape index (κ1) is 17.5. The van der Waals surface area contributed by atoms with Crippen molar-refractivity contribution in [2.45, 2.75) is 44.6 Å². The number of carbonyl (C=O) groups excluding carboxylic acids is 1. The highest BCUT2D eigenvalue weighted by atomic mass is 16.1. The molecule has 0 radical (unpaired) electrons. The average Bonchev–Trinajstić information content (AvgIpc) is 3.30. The van der Waals surface area contributed by atoms with Gasteiger partial charge in [0.25, 0.3) is 5.91 Å². The summed E-state index contributed by atoms with van der Waals surface area (Å²) < 4.78 is 1.83. The van der Waals surface area contributed by atoms with Gasteiger partial charge in [0.2, 0.25) is 5.95 Å². The smallest absolute Gasteiger partial charge is 0.252 e. The first-order chi connectivity index (χ1) is 13.1. The van der Waals surface area contributed by atoms with Gasteiger partial charge >= 0.3 is 0 Å². The molecule has 4 rings (SSSR count). The number of rotatable bonds is 5. The van der Waals surface area contributed by atoms with Gasteiger partial charge in [-0.25, -0.2) is 9.97 Å². The lowest BCUT2D eigenvalue weighted by atomic mass is 9.79. The molecule has 3 N–H and O–H groups in total. The van der Waals surface area contributed by atoms with Crippen molar-refractivity contribution in [1.29, 1.82) is 0 Å². The molecule has 0 atom stereocenters. The summed E-state index contributed by atoms with van der Waals surface area (Å²) in [6.45, 7) is 3.32. The van der Waals surface area contributed by atoms with Crippen LogP contribution in [0.3, 0.4) is 0 Å². The van der Waals surface area contributed by atoms with Gasteiger partial charge in [0.05, 0.1) is 5.56 Å². The average molecular weight is 363 g/mol. The van der Waals surface area contributed by atoms with Gasteiger partial charge in [0.1, 0.15) is 5.52 Å². The summed E-state index contributed by atoms with van der Waals surface area (Å²) in [4.78, 5) is 21.5. The Morgan fingerprint density at radius 1 is 1.26 bits per heavy atom. The number of fused-ring (bicyclic) bond motifs is 1. The molecule has 0 unspecified atom stereocenters. The first-order valence-corrected chi connectivity index (χ1v) is 9.58. The van der Waals surface area contributed by atoms with Crippen molar-refractivity contribution in [3.8, 4) is 0 Å². The van der Waals surface area contributed by atoms with E-state index in [9.17, 15) is 4.79 Å². The molecule has 1 saturated carbocycles. The normalized spacial score (nSPS) is 15.9. The number of carbonyl (C=O) groups is 1. The van der Waals surface area contributed by atoms with Crippen molar-refractivity contribution in [3.63, 3.8) is 0 Å². The van der Waals surface area contributed by atoms with Crippen molar-refractivity contribution in [2.75, 3.05) is 12.3 Å². The Morgan fingerprint density at radius 3 is 2.70 bits per heavy atom. The molecule has 2 heterocycles. The molecule has 1 amide bonds. The summed E-state index contributed by atoms with van der Waals surface area (Å²) in [5.74, 6) is 0.308. The van der Waals surface area contributed by atoms with E-state index in [1.54, 1.807) is 12.3 Å². The number of aromatic nitrogens is 3. The number of nitrogen functional groups attached to an aromatic ring is 1. The van der Waals surface area contributed by atoms with Crippen molar-refractivity contribution in [1.82, 2.24) is 19.9 Å². The molecule has 0 spiro atoms. The van der Waals surface area contributed by atoms with Crippen molar-refractivity contribution >= 4 is 23.0 Å². The van der Waals surface area contributed by atoms with Crippen molar-refractivity contribution in [2.24, 2.45) is 0 Å². The van der Waals surface area contributed by atoms with Crippen molar-refractivity contribution in [3.05, 3.63) is 53.7 Å². The highest BCUT2D eigenvalue weighted by molar-refractivity contribution is 5.96. The third kappa shape index (κ3) is 3.16. The number of anilines is 1. The summed E-state index contributed by atoms with van der Waals surface area (Å²) >= 11 is 0. The topological polar surface area (TPSA) is 85.8 Å². The fourth-order valence-electron chi connectivity index (χ4n) is 4.23. The molecule has 6 nitrogen and oxygen atoms in total. The Hall–Kier alpha value is -2.89. The Morgan fingerprint density at radius 2 is 2.00 bits per heavy atom. The van der Waals surface area contributed by atoms with Crippen molar-refractivity contribution < 1.29 is 4.79 Å². The maximum atomic E-state index is 12.8. The number of benzene rings is 1. The number of hydrogen-bond acceptors (Lipinski definition) is 4. The summed E-state index contributed by atoms with van der Waals surface area (Å²) in [7, 11) is 0. The van der Waals surface area contributed by atoms with E-state index in [4.69, 9.17) is 5.73 Å². The van der Waals surface area contributed by atoms with Crippen LogP contribution < -0.4 is 11.1 Å². The maximum absolute atomic E-state index is 12.8. The highest BCUT2D eigenvalue weighted by Crippen LogP contribution is 2.40. The van der Waals surface area contributed by atoms with E-state index >= 15 is 0 Å². The lowest BCUT2D eigenvalue weighted by Crippen LogP contribution is -2.39. The number of hydrogen-bond donors (Lipinski definition) is 2. The predicted molar refractivity (Wildman–Crippen MR) is 107 cm³/mol. The molecule has 1 aliphatic rings. The first-order valence-electron chi connectivity index (χ1n) is 9.58. The van der Waals surface area contributed by atoms with Crippen LogP contribution in [0.5, 0.6) is 0 Å². The minimum absolute atomic E-state index is 0.0304. The largest absolute Gasteiger partial charge is 0.369 e. The zero-order valence-electron chi connectivity index (χ0n) is 15.6. The van der Waals surface area contributed by atoms with Crippen LogP contribution in [0.15, 0.2) is 42.6 Å². The van der Waals surface area contributed by atoms with Crippen LogP contribution in [0.4, 0.5) is 5.95 Å². The van der Waals surface area contributed by atoms with E-state index in [-0.39, 0.29) is 11.3 Å². The van der Waals surface area contributed by atoms with E-state index in [2.05, 4.69) is 39.6 Å². The molecule has 1 aromatic carbocycles. The number of nitrogens with zero attached hydrogens (tertiary/aromatic N) is 3. The van der Waals surface area contributed by atoms with Crippen LogP contribution in [0, 0.1) is 0 Å². The zero-order valence-corrected chi connectivity index (χ0v) is 15.6. The van der Waals surface area contributed by atoms with Gasteiger partial charge in [-0.15, -0.1) is 0 Å². The number of imidazole rings is 1. The minimum atomic E-state index is -0.115. The van der Waals surface area contributed by atoms with E-state index in [0.29, 0.717) is 35.8 Å². The van der Waals surface area contributed by atoms with Gasteiger partial charge in [0, 0.05) is 24.7 Å². The monoisotopic (exact) mass is 363 g/mol. The van der Waals surface area contributed by atoms with Gasteiger partial charge in [-0.1, -0.05) is 43.2 Å². The van der Waals surface area contributed by atoms with E-state index in [1.807, 2.05) is 17.6 Å². The van der Waals surface area contributed by atoms with Crippen LogP contribution in [0.25, 0.3) is 11.2 Å². The molecular formula is C21H25N5O. The molecule has 2 aromatic heterocycles. The molecule has 0 aliphatic heterocycles. The van der Waals surface area contributed by atoms with Gasteiger partial charge in [-0.3, -0.25) is 9.36 Å². The molecule has 140 valence electrons. The van der Waals surface area contributed by atoms with Crippen LogP contribution in [-0.2, 0) is 12.0 Å². The lowest BCUT2D eigenvalue weighted by molar-refractivity contribution is 0.0943. The van der Waals surface area contributed by atoms with Gasteiger partial charge in [-0.05, 0) is 31.4 Å². The fourth-order valence-corrected chi connectivity index (χ4v) is 4.23. The minimum Gasteiger partial charge on any atom is -0.369 e. The molecule has 6 heteroatoms. The SMILES string of the molecule is CCn1c(N)nc2cc(C(=O)NCC3(c4ccccc4)CCCC3)cnc21. The number of aryl methyl sites for hydroxylation is 1. The van der Waals surface area contributed by atoms with E-state index in [0.717, 1.165) is 12.8 Å². The Bertz CT molecular complexity index is 957. The Kier molecular flexibility index (Phi) is 4.56. The van der Waals surface area contributed by atoms with Crippen LogP contribution in [-0.4, -0.2) is 27.0 Å². The fraction of sp³-hybridized carbons (Fsp3) is 0.381. The highest BCUT2D eigenvalue weighted by Gasteiger charge is 2.35. The molecule has 27 heavy (non-hydrogen) atoms. The van der Waals surface area contributed by atoms with Crippen LogP contribution in [0.1, 0.15) is 48.5 Å². The quantitative estimate of drug-likeness (QED) is 0.728. The molecule has 0 saturated heterocycles. The summed E-state index contributed by atoms with van der Waals surface area (Å²) in [6.07, 6.45) is 6.21. The number of nitrogens with two attached hydrogens (primary N) is 1. The lowest BCUT2D eigenvalue weighted by Gasteiger charge is -2.30. The summed E-state index contributed by atoms with van der Waals surface area (Å²) in [5, 5.41) is 3.14. The molecule has 3 aromatic rings. The Labute approximate surface area is 158 Å². The Balaban J connectivity index is 1.54. The predicted octanol–water partition coefficient (Wildman–Crippen LogP) is 3.28. The zero-order chi connectivity index (χ0) is 18.9. The molecular weight excluding hydrogens is 338 g/mol. The van der Waals surface area contributed by atoms with Gasteiger partial charge < -0.3 is 11.1 Å². The number of amides is 1. The van der Waals surface area contributed by atoms with E-state index in [1.165, 1.54) is 18.4 Å². The second kappa shape index (κ2) is 7.02. The summed E-state index contributed by atoms with van der Waals surface area (Å²) in [6, 6.07) is 12.3. The molecule has 1 aliphatic carbocycles.